The highest BCUT2D eigenvalue weighted by Gasteiger charge is 2.18. The highest BCUT2D eigenvalue weighted by molar-refractivity contribution is 6.68. The summed E-state index contributed by atoms with van der Waals surface area (Å²) in [6.45, 7) is 0. The Bertz CT molecular complexity index is 800. The van der Waals surface area contributed by atoms with Gasteiger partial charge in [0.1, 0.15) is 10.8 Å². The molecule has 0 saturated carbocycles. The highest BCUT2D eigenvalue weighted by Crippen LogP contribution is 2.34. The van der Waals surface area contributed by atoms with Crippen molar-refractivity contribution in [3.05, 3.63) is 65.4 Å². The third-order valence-corrected chi connectivity index (χ3v) is 3.58. The minimum absolute atomic E-state index is 0.182. The number of benzene rings is 2. The number of hydrogen-bond acceptors (Lipinski definition) is 2. The third-order valence-electron chi connectivity index (χ3n) is 3.11. The van der Waals surface area contributed by atoms with Crippen molar-refractivity contribution in [2.24, 2.45) is 0 Å². The van der Waals surface area contributed by atoms with Crippen molar-refractivity contribution in [2.75, 3.05) is 0 Å². The molecule has 4 heteroatoms. The van der Waals surface area contributed by atoms with Crippen LogP contribution in [0.4, 0.5) is 0 Å². The van der Waals surface area contributed by atoms with Crippen molar-refractivity contribution in [3.8, 4) is 11.1 Å². The molecule has 0 bridgehead atoms. The van der Waals surface area contributed by atoms with E-state index in [2.05, 4.69) is 4.98 Å². The molecule has 0 aliphatic heterocycles. The molecule has 3 aromatic rings. The summed E-state index contributed by atoms with van der Waals surface area (Å²) < 4.78 is 0. The van der Waals surface area contributed by atoms with E-state index in [4.69, 9.17) is 23.2 Å². The standard InChI is InChI=1S/C16H9Cl2NO/c17-15-12-9-5-4-8-11(12)13(14(19-15)16(18)20)10-6-2-1-3-7-10/h1-9H. The van der Waals surface area contributed by atoms with Crippen molar-refractivity contribution in [2.45, 2.75) is 0 Å². The van der Waals surface area contributed by atoms with E-state index in [-0.39, 0.29) is 10.8 Å². The summed E-state index contributed by atoms with van der Waals surface area (Å²) in [5, 5.41) is 1.33. The quantitative estimate of drug-likeness (QED) is 0.496. The van der Waals surface area contributed by atoms with Gasteiger partial charge in [-0.25, -0.2) is 4.98 Å². The van der Waals surface area contributed by atoms with E-state index in [1.54, 1.807) is 0 Å². The van der Waals surface area contributed by atoms with Crippen LogP contribution in [0.15, 0.2) is 54.6 Å². The number of halogens is 2. The van der Waals surface area contributed by atoms with Gasteiger partial charge in [-0.3, -0.25) is 4.79 Å². The van der Waals surface area contributed by atoms with E-state index in [9.17, 15) is 4.79 Å². The summed E-state index contributed by atoms with van der Waals surface area (Å²) >= 11 is 11.8. The maximum Gasteiger partial charge on any atom is 0.271 e. The van der Waals surface area contributed by atoms with Gasteiger partial charge in [-0.2, -0.15) is 0 Å². The average Bonchev–Trinajstić information content (AvgIpc) is 2.48. The zero-order chi connectivity index (χ0) is 14.1. The molecule has 0 radical (unpaired) electrons. The van der Waals surface area contributed by atoms with Gasteiger partial charge < -0.3 is 0 Å². The predicted molar refractivity (Wildman–Crippen MR) is 82.4 cm³/mol. The van der Waals surface area contributed by atoms with Gasteiger partial charge >= 0.3 is 0 Å². The van der Waals surface area contributed by atoms with Crippen LogP contribution in [0.1, 0.15) is 10.5 Å². The normalized spacial score (nSPS) is 10.7. The van der Waals surface area contributed by atoms with Crippen LogP contribution in [0.5, 0.6) is 0 Å². The summed E-state index contributed by atoms with van der Waals surface area (Å²) in [5.41, 5.74) is 1.78. The van der Waals surface area contributed by atoms with Gasteiger partial charge in [0.2, 0.25) is 0 Å². The fourth-order valence-electron chi connectivity index (χ4n) is 2.26. The molecule has 1 aromatic heterocycles. The fourth-order valence-corrected chi connectivity index (χ4v) is 2.65. The molecule has 1 heterocycles. The molecule has 3 rings (SSSR count). The van der Waals surface area contributed by atoms with Crippen molar-refractivity contribution in [1.29, 1.82) is 0 Å². The molecule has 0 fully saturated rings. The third kappa shape index (κ3) is 2.17. The Labute approximate surface area is 126 Å². The zero-order valence-electron chi connectivity index (χ0n) is 10.3. The summed E-state index contributed by atoms with van der Waals surface area (Å²) in [4.78, 5) is 15.8. The van der Waals surface area contributed by atoms with E-state index < -0.39 is 5.24 Å². The lowest BCUT2D eigenvalue weighted by molar-refractivity contribution is 0.107. The molecule has 2 aromatic carbocycles. The van der Waals surface area contributed by atoms with Gasteiger partial charge in [0.25, 0.3) is 5.24 Å². The lowest BCUT2D eigenvalue weighted by atomic mass is 9.98. The molecule has 20 heavy (non-hydrogen) atoms. The Morgan fingerprint density at radius 1 is 0.900 bits per heavy atom. The molecule has 0 amide bonds. The van der Waals surface area contributed by atoms with Crippen LogP contribution in [0.3, 0.4) is 0 Å². The van der Waals surface area contributed by atoms with Gasteiger partial charge in [-0.15, -0.1) is 0 Å². The van der Waals surface area contributed by atoms with E-state index in [0.717, 1.165) is 16.3 Å². The number of carbonyl (C=O) groups excluding carboxylic acids is 1. The van der Waals surface area contributed by atoms with Crippen LogP contribution >= 0.6 is 23.2 Å². The molecule has 0 spiro atoms. The van der Waals surface area contributed by atoms with E-state index in [0.29, 0.717) is 5.56 Å². The number of aromatic nitrogens is 1. The Hall–Kier alpha value is -1.90. The van der Waals surface area contributed by atoms with Crippen molar-refractivity contribution < 1.29 is 4.79 Å². The smallest absolute Gasteiger partial charge is 0.271 e. The lowest BCUT2D eigenvalue weighted by Crippen LogP contribution is -2.00. The number of fused-ring (bicyclic) bond motifs is 1. The number of pyridine rings is 1. The van der Waals surface area contributed by atoms with E-state index in [1.807, 2.05) is 54.6 Å². The number of nitrogens with zero attached hydrogens (tertiary/aromatic N) is 1. The first-order valence-corrected chi connectivity index (χ1v) is 6.77. The molecular formula is C16H9Cl2NO. The first-order valence-electron chi connectivity index (χ1n) is 6.02. The zero-order valence-corrected chi connectivity index (χ0v) is 11.8. The van der Waals surface area contributed by atoms with Crippen molar-refractivity contribution >= 4 is 39.2 Å². The molecule has 0 atom stereocenters. The van der Waals surface area contributed by atoms with Gasteiger partial charge in [0.05, 0.1) is 0 Å². The molecule has 0 aliphatic carbocycles. The molecule has 0 saturated heterocycles. The van der Waals surface area contributed by atoms with Crippen LogP contribution in [-0.2, 0) is 0 Å². The van der Waals surface area contributed by atoms with Gasteiger partial charge in [-0.1, -0.05) is 66.2 Å². The molecule has 98 valence electrons. The van der Waals surface area contributed by atoms with Crippen LogP contribution in [0.25, 0.3) is 21.9 Å². The van der Waals surface area contributed by atoms with Crippen LogP contribution in [0.2, 0.25) is 5.15 Å². The average molecular weight is 302 g/mol. The maximum absolute atomic E-state index is 11.7. The number of hydrogen-bond donors (Lipinski definition) is 0. The molecule has 0 N–H and O–H groups in total. The summed E-state index contributed by atoms with van der Waals surface area (Å²) in [7, 11) is 0. The monoisotopic (exact) mass is 301 g/mol. The van der Waals surface area contributed by atoms with Crippen molar-refractivity contribution in [3.63, 3.8) is 0 Å². The van der Waals surface area contributed by atoms with Gasteiger partial charge in [0, 0.05) is 10.9 Å². The minimum atomic E-state index is -0.614. The Kier molecular flexibility index (Phi) is 3.43. The first-order chi connectivity index (χ1) is 9.68. The van der Waals surface area contributed by atoms with Gasteiger partial charge in [-0.05, 0) is 22.6 Å². The predicted octanol–water partition coefficient (Wildman–Crippen LogP) is 4.93. The second-order valence-electron chi connectivity index (χ2n) is 4.31. The SMILES string of the molecule is O=C(Cl)c1nc(Cl)c2ccccc2c1-c1ccccc1. The molecular weight excluding hydrogens is 293 g/mol. The van der Waals surface area contributed by atoms with Crippen LogP contribution in [0, 0.1) is 0 Å². The second kappa shape index (κ2) is 5.23. The van der Waals surface area contributed by atoms with Gasteiger partial charge in [0.15, 0.2) is 0 Å². The fraction of sp³-hybridized carbons (Fsp3) is 0. The highest BCUT2D eigenvalue weighted by atomic mass is 35.5. The van der Waals surface area contributed by atoms with Crippen LogP contribution < -0.4 is 0 Å². The van der Waals surface area contributed by atoms with E-state index in [1.165, 1.54) is 0 Å². The molecule has 0 unspecified atom stereocenters. The largest absolute Gasteiger partial charge is 0.274 e. The summed E-state index contributed by atoms with van der Waals surface area (Å²) in [6, 6.07) is 17.1. The van der Waals surface area contributed by atoms with Crippen molar-refractivity contribution in [1.82, 2.24) is 4.98 Å². The summed E-state index contributed by atoms with van der Waals surface area (Å²) in [5.74, 6) is 0. The second-order valence-corrected chi connectivity index (χ2v) is 5.01. The topological polar surface area (TPSA) is 30.0 Å². The van der Waals surface area contributed by atoms with Crippen LogP contribution in [-0.4, -0.2) is 10.2 Å². The number of rotatable bonds is 2. The number of carbonyl (C=O) groups is 1. The summed E-state index contributed by atoms with van der Waals surface area (Å²) in [6.07, 6.45) is 0. The Morgan fingerprint density at radius 2 is 1.50 bits per heavy atom. The molecule has 0 aliphatic rings. The van der Waals surface area contributed by atoms with E-state index >= 15 is 0 Å². The Morgan fingerprint density at radius 3 is 2.15 bits per heavy atom. The minimum Gasteiger partial charge on any atom is -0.274 e. The first kappa shape index (κ1) is 13.1. The molecule has 2 nitrogen and oxygen atoms in total. The maximum atomic E-state index is 11.7. The Balaban J connectivity index is 2.47. The lowest BCUT2D eigenvalue weighted by Gasteiger charge is -2.11.